The number of carbonyl (C=O) groups is 2. The summed E-state index contributed by atoms with van der Waals surface area (Å²) in [7, 11) is 5.56. The second kappa shape index (κ2) is 11.3. The third-order valence-electron chi connectivity index (χ3n) is 7.16. The summed E-state index contributed by atoms with van der Waals surface area (Å²) in [5, 5.41) is 5.85. The molecule has 222 valence electrons. The third-order valence-corrected chi connectivity index (χ3v) is 7.16. The maximum absolute atomic E-state index is 13.5. The maximum Gasteiger partial charge on any atom is 0.416 e. The quantitative estimate of drug-likeness (QED) is 0.259. The summed E-state index contributed by atoms with van der Waals surface area (Å²) in [6, 6.07) is 14.8. The average molecular weight is 590 g/mol. The molecule has 0 radical (unpaired) electrons. The van der Waals surface area contributed by atoms with E-state index in [1.807, 2.05) is 51.0 Å². The van der Waals surface area contributed by atoms with E-state index in [0.29, 0.717) is 28.7 Å². The van der Waals surface area contributed by atoms with Gasteiger partial charge in [0.15, 0.2) is 0 Å². The summed E-state index contributed by atoms with van der Waals surface area (Å²) >= 11 is 0. The molecule has 0 bridgehead atoms. The first kappa shape index (κ1) is 29.4. The minimum absolute atomic E-state index is 0.134. The largest absolute Gasteiger partial charge is 0.416 e. The monoisotopic (exact) mass is 589 g/mol. The van der Waals surface area contributed by atoms with Crippen molar-refractivity contribution in [3.05, 3.63) is 94.7 Å². The Labute approximate surface area is 247 Å². The van der Waals surface area contributed by atoms with Crippen molar-refractivity contribution < 1.29 is 22.8 Å². The molecule has 0 saturated heterocycles. The van der Waals surface area contributed by atoms with Crippen molar-refractivity contribution in [3.8, 4) is 0 Å². The highest BCUT2D eigenvalue weighted by molar-refractivity contribution is 6.07. The summed E-state index contributed by atoms with van der Waals surface area (Å²) in [6.07, 6.45) is -2.91. The smallest absolute Gasteiger partial charge is 0.377 e. The topological polar surface area (TPSA) is 93.7 Å². The number of rotatable bonds is 6. The van der Waals surface area contributed by atoms with Gasteiger partial charge in [-0.25, -0.2) is 9.78 Å². The fraction of sp³-hybridized carbons (Fsp3) is 0.226. The van der Waals surface area contributed by atoms with Crippen LogP contribution >= 0.6 is 0 Å². The summed E-state index contributed by atoms with van der Waals surface area (Å²) < 4.78 is 39.4. The summed E-state index contributed by atoms with van der Waals surface area (Å²) in [5.41, 5.74) is 4.27. The van der Waals surface area contributed by atoms with Crippen LogP contribution in [0.5, 0.6) is 0 Å². The van der Waals surface area contributed by atoms with Crippen molar-refractivity contribution in [1.82, 2.24) is 9.97 Å². The minimum atomic E-state index is -4.57. The SMILES string of the molecule is Cc1ccc(Nc2ncc3c(n2)N(C)C(=O)N(c2cc(NC(=O)c4cccc(C(F)(F)F)c4)ccc2C)C3)cc1N(C)C. The predicted molar refractivity (Wildman–Crippen MR) is 161 cm³/mol. The van der Waals surface area contributed by atoms with Gasteiger partial charge < -0.3 is 15.5 Å². The number of urea groups is 1. The third kappa shape index (κ3) is 6.08. The number of halogens is 3. The maximum atomic E-state index is 13.5. The Morgan fingerprint density at radius 3 is 2.42 bits per heavy atom. The van der Waals surface area contributed by atoms with E-state index >= 15 is 0 Å². The molecular weight excluding hydrogens is 559 g/mol. The van der Waals surface area contributed by atoms with E-state index in [1.54, 1.807) is 31.4 Å². The fourth-order valence-electron chi connectivity index (χ4n) is 4.87. The van der Waals surface area contributed by atoms with Gasteiger partial charge in [0.2, 0.25) is 5.95 Å². The molecule has 1 aliphatic rings. The molecule has 1 aliphatic heterocycles. The van der Waals surface area contributed by atoms with Crippen LogP contribution in [0.2, 0.25) is 0 Å². The standard InChI is InChI=1S/C31H30F3N7O2/c1-18-9-12-24(14-25(18)39(3)4)37-29-35-16-21-17-41(30(43)40(5)27(21)38-29)26-15-23(11-10-19(26)2)36-28(42)20-7-6-8-22(13-20)31(32,33)34/h6-16H,17H2,1-5H3,(H,36,42)(H,35,37,38). The highest BCUT2D eigenvalue weighted by atomic mass is 19.4. The normalized spacial score (nSPS) is 13.1. The first-order valence-electron chi connectivity index (χ1n) is 13.4. The zero-order valence-corrected chi connectivity index (χ0v) is 24.2. The molecule has 0 unspecified atom stereocenters. The van der Waals surface area contributed by atoms with Crippen LogP contribution in [0.4, 0.5) is 52.5 Å². The Balaban J connectivity index is 1.37. The Hall–Kier alpha value is -5.13. The van der Waals surface area contributed by atoms with Crippen LogP contribution in [0.1, 0.15) is 32.6 Å². The van der Waals surface area contributed by atoms with E-state index in [9.17, 15) is 22.8 Å². The van der Waals surface area contributed by atoms with E-state index in [-0.39, 0.29) is 18.1 Å². The van der Waals surface area contributed by atoms with Crippen molar-refractivity contribution >= 4 is 46.5 Å². The van der Waals surface area contributed by atoms with Gasteiger partial charge in [0.05, 0.1) is 17.8 Å². The minimum Gasteiger partial charge on any atom is -0.377 e. The van der Waals surface area contributed by atoms with Gasteiger partial charge in [0, 0.05) is 55.5 Å². The van der Waals surface area contributed by atoms with Gasteiger partial charge in [-0.1, -0.05) is 18.2 Å². The van der Waals surface area contributed by atoms with Gasteiger partial charge in [-0.15, -0.1) is 0 Å². The molecule has 0 fully saturated rings. The average Bonchev–Trinajstić information content (AvgIpc) is 2.96. The second-order valence-electron chi connectivity index (χ2n) is 10.5. The van der Waals surface area contributed by atoms with E-state index in [1.165, 1.54) is 21.9 Å². The number of amides is 3. The second-order valence-corrected chi connectivity index (χ2v) is 10.5. The van der Waals surface area contributed by atoms with Gasteiger partial charge in [0.1, 0.15) is 5.82 Å². The molecule has 9 nitrogen and oxygen atoms in total. The molecule has 0 aliphatic carbocycles. The molecule has 43 heavy (non-hydrogen) atoms. The molecule has 12 heteroatoms. The first-order chi connectivity index (χ1) is 20.3. The van der Waals surface area contributed by atoms with Gasteiger partial charge in [-0.3, -0.25) is 14.6 Å². The zero-order chi connectivity index (χ0) is 31.1. The Morgan fingerprint density at radius 2 is 1.70 bits per heavy atom. The van der Waals surface area contributed by atoms with Crippen molar-refractivity contribution in [2.24, 2.45) is 0 Å². The Kier molecular flexibility index (Phi) is 7.70. The number of hydrogen-bond acceptors (Lipinski definition) is 6. The molecule has 5 rings (SSSR count). The highest BCUT2D eigenvalue weighted by Crippen LogP contribution is 2.34. The van der Waals surface area contributed by atoms with E-state index in [2.05, 4.69) is 20.6 Å². The number of hydrogen-bond donors (Lipinski definition) is 2. The van der Waals surface area contributed by atoms with E-state index in [0.717, 1.165) is 34.6 Å². The highest BCUT2D eigenvalue weighted by Gasteiger charge is 2.32. The summed E-state index contributed by atoms with van der Waals surface area (Å²) in [5.74, 6) is 0.106. The fourth-order valence-corrected chi connectivity index (χ4v) is 4.87. The Morgan fingerprint density at radius 1 is 0.977 bits per heavy atom. The molecule has 2 heterocycles. The van der Waals surface area contributed by atoms with Crippen molar-refractivity contribution in [1.29, 1.82) is 0 Å². The van der Waals surface area contributed by atoms with Crippen LogP contribution in [-0.4, -0.2) is 43.0 Å². The zero-order valence-electron chi connectivity index (χ0n) is 24.2. The number of aromatic nitrogens is 2. The predicted octanol–water partition coefficient (Wildman–Crippen LogP) is 6.75. The number of aryl methyl sites for hydroxylation is 2. The molecule has 4 aromatic rings. The van der Waals surface area contributed by atoms with Crippen molar-refractivity contribution in [2.75, 3.05) is 46.5 Å². The lowest BCUT2D eigenvalue weighted by molar-refractivity contribution is -0.137. The molecule has 1 aromatic heterocycles. The number of alkyl halides is 3. The van der Waals surface area contributed by atoms with E-state index in [4.69, 9.17) is 0 Å². The van der Waals surface area contributed by atoms with Crippen LogP contribution in [0.25, 0.3) is 0 Å². The van der Waals surface area contributed by atoms with Crippen LogP contribution in [0.15, 0.2) is 66.9 Å². The van der Waals surface area contributed by atoms with Gasteiger partial charge in [0.25, 0.3) is 5.91 Å². The van der Waals surface area contributed by atoms with Crippen molar-refractivity contribution in [3.63, 3.8) is 0 Å². The van der Waals surface area contributed by atoms with Crippen LogP contribution in [0.3, 0.4) is 0 Å². The lowest BCUT2D eigenvalue weighted by Gasteiger charge is -2.35. The molecular formula is C31H30F3N7O2. The van der Waals surface area contributed by atoms with Gasteiger partial charge in [-0.05, 0) is 67.4 Å². The lowest BCUT2D eigenvalue weighted by atomic mass is 10.1. The van der Waals surface area contributed by atoms with Gasteiger partial charge >= 0.3 is 12.2 Å². The number of nitrogens with zero attached hydrogens (tertiary/aromatic N) is 5. The lowest BCUT2D eigenvalue weighted by Crippen LogP contribution is -2.46. The van der Waals surface area contributed by atoms with Gasteiger partial charge in [-0.2, -0.15) is 18.2 Å². The molecule has 0 spiro atoms. The molecule has 0 atom stereocenters. The number of anilines is 6. The van der Waals surface area contributed by atoms with Crippen LogP contribution in [-0.2, 0) is 12.7 Å². The number of benzene rings is 3. The van der Waals surface area contributed by atoms with Crippen LogP contribution in [0, 0.1) is 13.8 Å². The summed E-state index contributed by atoms with van der Waals surface area (Å²) in [6.45, 7) is 4.03. The molecule has 3 aromatic carbocycles. The molecule has 0 saturated carbocycles. The molecule has 2 N–H and O–H groups in total. The Bertz CT molecular complexity index is 1720. The number of fused-ring (bicyclic) bond motifs is 1. The summed E-state index contributed by atoms with van der Waals surface area (Å²) in [4.78, 5) is 40.4. The van der Waals surface area contributed by atoms with Crippen molar-refractivity contribution in [2.45, 2.75) is 26.6 Å². The van der Waals surface area contributed by atoms with E-state index < -0.39 is 17.6 Å². The number of nitrogens with one attached hydrogen (secondary N) is 2. The molecule has 3 amide bonds. The number of carbonyl (C=O) groups excluding carboxylic acids is 2. The van der Waals surface area contributed by atoms with Crippen LogP contribution < -0.4 is 25.3 Å². The first-order valence-corrected chi connectivity index (χ1v) is 13.4.